The van der Waals surface area contributed by atoms with Crippen molar-refractivity contribution >= 4 is 0 Å². The molecule has 0 unspecified atom stereocenters. The lowest BCUT2D eigenvalue weighted by atomic mass is 10.00. The molecular weight excluding hydrogens is 228 g/mol. The van der Waals surface area contributed by atoms with E-state index in [1.165, 1.54) is 19.3 Å². The van der Waals surface area contributed by atoms with E-state index in [-0.39, 0.29) is 0 Å². The molecule has 1 aromatic rings. The van der Waals surface area contributed by atoms with Crippen LogP contribution in [-0.2, 0) is 0 Å². The number of pyridine rings is 1. The largest absolute Gasteiger partial charge is 0.490 e. The Morgan fingerprint density at radius 1 is 1.39 bits per heavy atom. The summed E-state index contributed by atoms with van der Waals surface area (Å²) in [4.78, 5) is 6.64. The second-order valence-electron chi connectivity index (χ2n) is 5.31. The molecule has 2 fully saturated rings. The average Bonchev–Trinajstić information content (AvgIpc) is 2.99. The van der Waals surface area contributed by atoms with Crippen LogP contribution < -0.4 is 9.47 Å². The number of likely N-dealkylation sites (N-methyl/N-ethyl adjacent to an activating group) is 1. The van der Waals surface area contributed by atoms with Gasteiger partial charge < -0.3 is 9.47 Å². The number of rotatable bonds is 4. The summed E-state index contributed by atoms with van der Waals surface area (Å²) in [5.41, 5.74) is 0. The highest BCUT2D eigenvalue weighted by Gasteiger charge is 2.43. The monoisotopic (exact) mass is 248 g/mol. The molecule has 3 atom stereocenters. The van der Waals surface area contributed by atoms with Crippen LogP contribution in [-0.4, -0.2) is 42.7 Å². The Labute approximate surface area is 108 Å². The molecule has 0 radical (unpaired) electrons. The number of aromatic nitrogens is 1. The van der Waals surface area contributed by atoms with Crippen molar-refractivity contribution < 1.29 is 9.47 Å². The molecule has 4 heteroatoms. The highest BCUT2D eigenvalue weighted by atomic mass is 16.5. The van der Waals surface area contributed by atoms with Gasteiger partial charge in [-0.3, -0.25) is 4.90 Å². The van der Waals surface area contributed by atoms with Gasteiger partial charge in [-0.1, -0.05) is 0 Å². The van der Waals surface area contributed by atoms with Crippen LogP contribution in [0.4, 0.5) is 0 Å². The van der Waals surface area contributed by atoms with Crippen LogP contribution in [0.5, 0.6) is 11.6 Å². The van der Waals surface area contributed by atoms with Gasteiger partial charge in [0.25, 0.3) is 0 Å². The molecule has 1 aliphatic carbocycles. The Bertz CT molecular complexity index is 405. The van der Waals surface area contributed by atoms with Crippen molar-refractivity contribution in [3.05, 3.63) is 18.3 Å². The van der Waals surface area contributed by atoms with Gasteiger partial charge in [-0.05, 0) is 38.3 Å². The molecule has 18 heavy (non-hydrogen) atoms. The summed E-state index contributed by atoms with van der Waals surface area (Å²) in [6.45, 7) is 0.770. The van der Waals surface area contributed by atoms with E-state index < -0.39 is 0 Å². The van der Waals surface area contributed by atoms with Gasteiger partial charge in [-0.2, -0.15) is 0 Å². The third-order valence-electron chi connectivity index (χ3n) is 4.43. The van der Waals surface area contributed by atoms with Crippen LogP contribution in [0.2, 0.25) is 0 Å². The average molecular weight is 248 g/mol. The molecule has 0 amide bonds. The summed E-state index contributed by atoms with van der Waals surface area (Å²) in [5.74, 6) is 2.28. The van der Waals surface area contributed by atoms with E-state index in [4.69, 9.17) is 9.47 Å². The summed E-state index contributed by atoms with van der Waals surface area (Å²) in [5, 5.41) is 0. The van der Waals surface area contributed by atoms with E-state index in [0.29, 0.717) is 11.9 Å². The Morgan fingerprint density at radius 3 is 2.89 bits per heavy atom. The lowest BCUT2D eigenvalue weighted by molar-refractivity contribution is 0.118. The molecule has 3 rings (SSSR count). The fraction of sp³-hybridized carbons (Fsp3) is 0.643. The minimum atomic E-state index is 0.575. The minimum Gasteiger partial charge on any atom is -0.490 e. The second-order valence-corrected chi connectivity index (χ2v) is 5.31. The summed E-state index contributed by atoms with van der Waals surface area (Å²) in [7, 11) is 3.84. The number of hydrogen-bond donors (Lipinski definition) is 0. The normalized spacial score (nSPS) is 30.7. The molecule has 1 saturated heterocycles. The van der Waals surface area contributed by atoms with Gasteiger partial charge in [0.15, 0.2) is 0 Å². The van der Waals surface area contributed by atoms with Gasteiger partial charge in [-0.25, -0.2) is 4.98 Å². The number of nitrogens with zero attached hydrogens (tertiary/aromatic N) is 2. The summed E-state index contributed by atoms with van der Waals surface area (Å²) in [6.07, 6.45) is 5.81. The van der Waals surface area contributed by atoms with Crippen molar-refractivity contribution in [1.82, 2.24) is 9.88 Å². The van der Waals surface area contributed by atoms with Gasteiger partial charge in [0.05, 0.1) is 13.3 Å². The predicted octanol–water partition coefficient (Wildman–Crippen LogP) is 1.95. The molecule has 0 aromatic carbocycles. The first kappa shape index (κ1) is 11.8. The Hall–Kier alpha value is -1.29. The quantitative estimate of drug-likeness (QED) is 0.815. The molecule has 2 heterocycles. The zero-order valence-corrected chi connectivity index (χ0v) is 11.0. The van der Waals surface area contributed by atoms with Gasteiger partial charge in [0, 0.05) is 18.2 Å². The van der Waals surface area contributed by atoms with Gasteiger partial charge in [0.2, 0.25) is 5.88 Å². The number of likely N-dealkylation sites (tertiary alicyclic amines) is 1. The Morgan fingerprint density at radius 2 is 2.28 bits per heavy atom. The van der Waals surface area contributed by atoms with Crippen molar-refractivity contribution in [3.8, 4) is 11.6 Å². The first-order chi connectivity index (χ1) is 8.78. The van der Waals surface area contributed by atoms with Crippen LogP contribution in [0.1, 0.15) is 19.3 Å². The topological polar surface area (TPSA) is 34.6 Å². The molecule has 1 saturated carbocycles. The molecule has 98 valence electrons. The maximum absolute atomic E-state index is 5.85. The Kier molecular flexibility index (Phi) is 3.12. The molecule has 1 aliphatic heterocycles. The first-order valence-corrected chi connectivity index (χ1v) is 6.62. The summed E-state index contributed by atoms with van der Waals surface area (Å²) >= 11 is 0. The van der Waals surface area contributed by atoms with Gasteiger partial charge in [0.1, 0.15) is 12.4 Å². The summed E-state index contributed by atoms with van der Waals surface area (Å²) in [6, 6.07) is 5.11. The van der Waals surface area contributed by atoms with Crippen molar-refractivity contribution in [3.63, 3.8) is 0 Å². The third-order valence-corrected chi connectivity index (χ3v) is 4.43. The zero-order chi connectivity index (χ0) is 12.5. The van der Waals surface area contributed by atoms with Crippen LogP contribution in [0, 0.1) is 5.92 Å². The van der Waals surface area contributed by atoms with Crippen molar-refractivity contribution in [1.29, 1.82) is 0 Å². The fourth-order valence-electron chi connectivity index (χ4n) is 3.32. The number of fused-ring (bicyclic) bond motifs is 2. The molecule has 0 N–H and O–H groups in total. The van der Waals surface area contributed by atoms with Crippen molar-refractivity contribution in [2.45, 2.75) is 31.3 Å². The Balaban J connectivity index is 1.57. The lowest BCUT2D eigenvalue weighted by Crippen LogP contribution is -2.41. The smallest absolute Gasteiger partial charge is 0.213 e. The second kappa shape index (κ2) is 4.76. The van der Waals surface area contributed by atoms with Crippen LogP contribution >= 0.6 is 0 Å². The standard InChI is InChI=1S/C14H20N2O2/c1-16-11-4-3-10(7-11)13(16)9-18-12-5-6-14(17-2)15-8-12/h5-6,8,10-11,13H,3-4,7,9H2,1-2H3/t10-,11+,13-/m1/s1. The van der Waals surface area contributed by atoms with Crippen LogP contribution in [0.15, 0.2) is 18.3 Å². The zero-order valence-electron chi connectivity index (χ0n) is 11.0. The lowest BCUT2D eigenvalue weighted by Gasteiger charge is -2.31. The number of piperidine rings is 1. The van der Waals surface area contributed by atoms with Crippen molar-refractivity contribution in [2.24, 2.45) is 5.92 Å². The molecule has 2 aliphatic rings. The predicted molar refractivity (Wildman–Crippen MR) is 69.0 cm³/mol. The molecule has 4 nitrogen and oxygen atoms in total. The van der Waals surface area contributed by atoms with Crippen molar-refractivity contribution in [2.75, 3.05) is 20.8 Å². The maximum Gasteiger partial charge on any atom is 0.213 e. The summed E-state index contributed by atoms with van der Waals surface area (Å²) < 4.78 is 10.9. The molecule has 1 aromatic heterocycles. The van der Waals surface area contributed by atoms with E-state index in [0.717, 1.165) is 24.3 Å². The number of ether oxygens (including phenoxy) is 2. The van der Waals surface area contributed by atoms with Gasteiger partial charge in [-0.15, -0.1) is 0 Å². The highest BCUT2D eigenvalue weighted by molar-refractivity contribution is 5.22. The minimum absolute atomic E-state index is 0.575. The SMILES string of the molecule is COc1ccc(OC[C@@H]2[C@@H]3CC[C@@H](C3)N2C)cn1. The van der Waals surface area contributed by atoms with E-state index in [1.807, 2.05) is 12.1 Å². The molecule has 0 spiro atoms. The molecular formula is C14H20N2O2. The first-order valence-electron chi connectivity index (χ1n) is 6.62. The van der Waals surface area contributed by atoms with Crippen LogP contribution in [0.3, 0.4) is 0 Å². The van der Waals surface area contributed by atoms with Gasteiger partial charge >= 0.3 is 0 Å². The third kappa shape index (κ3) is 2.05. The van der Waals surface area contributed by atoms with Crippen LogP contribution in [0.25, 0.3) is 0 Å². The fourth-order valence-corrected chi connectivity index (χ4v) is 3.32. The van der Waals surface area contributed by atoms with E-state index in [9.17, 15) is 0 Å². The number of methoxy groups -OCH3 is 1. The van der Waals surface area contributed by atoms with E-state index in [1.54, 1.807) is 13.3 Å². The van der Waals surface area contributed by atoms with E-state index >= 15 is 0 Å². The molecule has 2 bridgehead atoms. The highest BCUT2D eigenvalue weighted by Crippen LogP contribution is 2.41. The van der Waals surface area contributed by atoms with E-state index in [2.05, 4.69) is 16.9 Å². The number of hydrogen-bond acceptors (Lipinski definition) is 4. The maximum atomic E-state index is 5.85.